The Balaban J connectivity index is 1.73. The predicted octanol–water partition coefficient (Wildman–Crippen LogP) is 6.95. The molecule has 0 atom stereocenters. The smallest absolute Gasteiger partial charge is 0.338 e. The third-order valence-electron chi connectivity index (χ3n) is 5.20. The van der Waals surface area contributed by atoms with Crippen LogP contribution in [-0.2, 0) is 0 Å². The van der Waals surface area contributed by atoms with Crippen molar-refractivity contribution < 1.29 is 14.7 Å². The zero-order valence-corrected chi connectivity index (χ0v) is 17.7. The topological polar surface area (TPSA) is 60.9 Å². The number of para-hydroxylation sites is 4. The average molecular weight is 439 g/mol. The molecule has 156 valence electrons. The van der Waals surface area contributed by atoms with Crippen LogP contribution in [0.5, 0.6) is 0 Å². The van der Waals surface area contributed by atoms with Crippen molar-refractivity contribution in [2.75, 3.05) is 9.80 Å². The molecule has 5 rings (SSSR count). The molecule has 6 heteroatoms. The number of fused-ring (bicyclic) bond motifs is 2. The second-order valence-corrected chi connectivity index (χ2v) is 8.23. The van der Waals surface area contributed by atoms with Crippen LogP contribution >= 0.6 is 11.8 Å². The minimum atomic E-state index is -1.09. The van der Waals surface area contributed by atoms with Crippen LogP contribution in [0.3, 0.4) is 0 Å². The summed E-state index contributed by atoms with van der Waals surface area (Å²) in [6, 6.07) is 30.8. The third kappa shape index (κ3) is 3.40. The number of anilines is 4. The fraction of sp³-hybridized carbons (Fsp3) is 0. The number of carbonyl (C=O) groups is 2. The highest BCUT2D eigenvalue weighted by atomic mass is 32.2. The van der Waals surface area contributed by atoms with E-state index in [2.05, 4.69) is 0 Å². The SMILES string of the molecule is O=C(O)c1ccccc1N(C(=O)N1c2ccccc2Sc2ccccc21)c1ccccc1. The molecule has 0 spiro atoms. The van der Waals surface area contributed by atoms with Crippen LogP contribution < -0.4 is 9.80 Å². The molecular weight excluding hydrogens is 420 g/mol. The Morgan fingerprint density at radius 2 is 1.22 bits per heavy atom. The van der Waals surface area contributed by atoms with E-state index in [1.54, 1.807) is 47.0 Å². The Morgan fingerprint density at radius 1 is 0.688 bits per heavy atom. The molecule has 0 aliphatic carbocycles. The molecule has 0 saturated heterocycles. The van der Waals surface area contributed by atoms with E-state index in [0.717, 1.165) is 21.2 Å². The number of urea groups is 1. The second kappa shape index (κ2) is 8.24. The van der Waals surface area contributed by atoms with Gasteiger partial charge < -0.3 is 5.11 Å². The molecule has 0 radical (unpaired) electrons. The summed E-state index contributed by atoms with van der Waals surface area (Å²) in [6.07, 6.45) is 0. The lowest BCUT2D eigenvalue weighted by Crippen LogP contribution is -2.40. The maximum Gasteiger partial charge on any atom is 0.338 e. The van der Waals surface area contributed by atoms with Crippen molar-refractivity contribution in [2.24, 2.45) is 0 Å². The van der Waals surface area contributed by atoms with Crippen molar-refractivity contribution in [2.45, 2.75) is 9.79 Å². The predicted molar refractivity (Wildman–Crippen MR) is 127 cm³/mol. The van der Waals surface area contributed by atoms with Crippen LogP contribution in [0.25, 0.3) is 0 Å². The number of benzene rings is 4. The van der Waals surface area contributed by atoms with Crippen molar-refractivity contribution in [3.63, 3.8) is 0 Å². The first kappa shape index (κ1) is 19.9. The van der Waals surface area contributed by atoms with E-state index in [-0.39, 0.29) is 11.6 Å². The van der Waals surface area contributed by atoms with E-state index in [4.69, 9.17) is 0 Å². The summed E-state index contributed by atoms with van der Waals surface area (Å²) < 4.78 is 0. The molecule has 0 unspecified atom stereocenters. The molecule has 0 fully saturated rings. The van der Waals surface area contributed by atoms with Gasteiger partial charge in [0, 0.05) is 9.79 Å². The highest BCUT2D eigenvalue weighted by molar-refractivity contribution is 7.99. The maximum absolute atomic E-state index is 14.2. The van der Waals surface area contributed by atoms with Gasteiger partial charge in [-0.1, -0.05) is 66.4 Å². The molecule has 2 amide bonds. The van der Waals surface area contributed by atoms with Crippen molar-refractivity contribution in [3.8, 4) is 0 Å². The van der Waals surface area contributed by atoms with Crippen LogP contribution in [0, 0.1) is 0 Å². The molecule has 1 aliphatic rings. The van der Waals surface area contributed by atoms with Crippen LogP contribution in [-0.4, -0.2) is 17.1 Å². The standard InChI is InChI=1S/C26H18N2O3S/c29-25(30)19-12-4-5-13-20(19)27(18-10-2-1-3-11-18)26(31)28-21-14-6-8-16-23(21)32-24-17-9-7-15-22(24)28/h1-17H,(H,29,30). The first-order valence-corrected chi connectivity index (χ1v) is 10.8. The number of carboxylic acids is 1. The number of rotatable bonds is 3. The zero-order chi connectivity index (χ0) is 22.1. The number of hydrogen-bond acceptors (Lipinski definition) is 3. The Hall–Kier alpha value is -4.03. The van der Waals surface area contributed by atoms with Gasteiger partial charge in [0.05, 0.1) is 28.3 Å². The lowest BCUT2D eigenvalue weighted by molar-refractivity contribution is 0.0698. The van der Waals surface area contributed by atoms with Crippen molar-refractivity contribution in [3.05, 3.63) is 109 Å². The monoisotopic (exact) mass is 438 g/mol. The molecule has 5 nitrogen and oxygen atoms in total. The van der Waals surface area contributed by atoms with Crippen molar-refractivity contribution in [1.29, 1.82) is 0 Å². The van der Waals surface area contributed by atoms with Gasteiger partial charge >= 0.3 is 12.0 Å². The number of carbonyl (C=O) groups excluding carboxylic acids is 1. The third-order valence-corrected chi connectivity index (χ3v) is 6.33. The van der Waals surface area contributed by atoms with Crippen molar-refractivity contribution in [1.82, 2.24) is 0 Å². The van der Waals surface area contributed by atoms with E-state index >= 15 is 0 Å². The number of carboxylic acid groups (broad SMARTS) is 1. The zero-order valence-electron chi connectivity index (χ0n) is 16.9. The van der Waals surface area contributed by atoms with E-state index in [1.165, 1.54) is 11.0 Å². The lowest BCUT2D eigenvalue weighted by Gasteiger charge is -2.35. The van der Waals surface area contributed by atoms with Gasteiger partial charge in [-0.05, 0) is 48.5 Å². The highest BCUT2D eigenvalue weighted by Crippen LogP contribution is 2.49. The Morgan fingerprint density at radius 3 is 1.84 bits per heavy atom. The molecule has 0 aromatic heterocycles. The minimum absolute atomic E-state index is 0.0534. The molecule has 4 aromatic rings. The minimum Gasteiger partial charge on any atom is -0.478 e. The number of hydrogen-bond donors (Lipinski definition) is 1. The van der Waals surface area contributed by atoms with Gasteiger partial charge in [-0.2, -0.15) is 0 Å². The summed E-state index contributed by atoms with van der Waals surface area (Å²) in [5.74, 6) is -1.09. The molecule has 4 aromatic carbocycles. The summed E-state index contributed by atoms with van der Waals surface area (Å²) in [4.78, 5) is 31.3. The number of amides is 2. The van der Waals surface area contributed by atoms with E-state index in [1.807, 2.05) is 66.7 Å². The van der Waals surface area contributed by atoms with E-state index in [0.29, 0.717) is 11.4 Å². The van der Waals surface area contributed by atoms with Crippen molar-refractivity contribution >= 4 is 46.5 Å². The van der Waals surface area contributed by atoms with Crippen LogP contribution in [0.4, 0.5) is 27.5 Å². The lowest BCUT2D eigenvalue weighted by atomic mass is 10.1. The fourth-order valence-corrected chi connectivity index (χ4v) is 4.85. The normalized spacial score (nSPS) is 11.9. The molecule has 1 N–H and O–H groups in total. The molecule has 0 bridgehead atoms. The van der Waals surface area contributed by atoms with Gasteiger partial charge in [-0.25, -0.2) is 9.59 Å². The molecular formula is C26H18N2O3S. The average Bonchev–Trinajstić information content (AvgIpc) is 2.83. The van der Waals surface area contributed by atoms with Gasteiger partial charge in [0.25, 0.3) is 0 Å². The quantitative estimate of drug-likeness (QED) is 0.376. The summed E-state index contributed by atoms with van der Waals surface area (Å²) >= 11 is 1.61. The van der Waals surface area contributed by atoms with E-state index in [9.17, 15) is 14.7 Å². The largest absolute Gasteiger partial charge is 0.478 e. The Labute approximate surface area is 189 Å². The van der Waals surface area contributed by atoms with Crippen LogP contribution in [0.1, 0.15) is 10.4 Å². The fourth-order valence-electron chi connectivity index (χ4n) is 3.79. The summed E-state index contributed by atoms with van der Waals surface area (Å²) in [6.45, 7) is 0. The van der Waals surface area contributed by atoms with Gasteiger partial charge in [-0.3, -0.25) is 9.80 Å². The maximum atomic E-state index is 14.2. The van der Waals surface area contributed by atoms with Crippen LogP contribution in [0.15, 0.2) is 113 Å². The molecule has 1 aliphatic heterocycles. The number of nitrogens with zero attached hydrogens (tertiary/aromatic N) is 2. The van der Waals surface area contributed by atoms with Gasteiger partial charge in [-0.15, -0.1) is 0 Å². The first-order chi connectivity index (χ1) is 15.6. The first-order valence-electron chi connectivity index (χ1n) is 10.0. The Bertz CT molecular complexity index is 1280. The molecule has 32 heavy (non-hydrogen) atoms. The summed E-state index contributed by atoms with van der Waals surface area (Å²) in [5, 5.41) is 9.81. The second-order valence-electron chi connectivity index (χ2n) is 7.15. The van der Waals surface area contributed by atoms with Crippen LogP contribution in [0.2, 0.25) is 0 Å². The molecule has 0 saturated carbocycles. The Kier molecular flexibility index (Phi) is 5.13. The summed E-state index contributed by atoms with van der Waals surface area (Å²) in [7, 11) is 0. The highest BCUT2D eigenvalue weighted by Gasteiger charge is 2.33. The molecule has 1 heterocycles. The van der Waals surface area contributed by atoms with Gasteiger partial charge in [0.1, 0.15) is 0 Å². The van der Waals surface area contributed by atoms with Gasteiger partial charge in [0.2, 0.25) is 0 Å². The van der Waals surface area contributed by atoms with E-state index < -0.39 is 5.97 Å². The van der Waals surface area contributed by atoms with Gasteiger partial charge in [0.15, 0.2) is 0 Å². The number of aromatic carboxylic acids is 1. The summed E-state index contributed by atoms with van der Waals surface area (Å²) in [5.41, 5.74) is 2.46.